The molecule has 12 heavy (non-hydrogen) atoms. The van der Waals surface area contributed by atoms with Gasteiger partial charge < -0.3 is 9.63 Å². The first-order valence-corrected chi connectivity index (χ1v) is 3.88. The molecule has 4 heteroatoms. The van der Waals surface area contributed by atoms with Crippen LogP contribution in [0.5, 0.6) is 0 Å². The molecule has 4 nitrogen and oxygen atoms in total. The van der Waals surface area contributed by atoms with Crippen molar-refractivity contribution in [2.24, 2.45) is 0 Å². The first kappa shape index (κ1) is 8.77. The lowest BCUT2D eigenvalue weighted by Gasteiger charge is -1.94. The van der Waals surface area contributed by atoms with E-state index < -0.39 is 5.97 Å². The van der Waals surface area contributed by atoms with Crippen molar-refractivity contribution in [1.82, 2.24) is 5.16 Å². The Balaban J connectivity index is 2.69. The van der Waals surface area contributed by atoms with Gasteiger partial charge in [0, 0.05) is 5.56 Å². The highest BCUT2D eigenvalue weighted by Crippen LogP contribution is 2.10. The second kappa shape index (κ2) is 3.90. The molecule has 0 unspecified atom stereocenters. The summed E-state index contributed by atoms with van der Waals surface area (Å²) in [6.07, 6.45) is 3.30. The monoisotopic (exact) mass is 169 g/mol. The third kappa shape index (κ3) is 2.08. The number of rotatable bonds is 4. The zero-order valence-electron chi connectivity index (χ0n) is 6.91. The fourth-order valence-electron chi connectivity index (χ4n) is 1.04. The maximum atomic E-state index is 10.3. The summed E-state index contributed by atoms with van der Waals surface area (Å²) >= 11 is 0. The quantitative estimate of drug-likeness (QED) is 0.736. The Labute approximate surface area is 70.2 Å². The maximum Gasteiger partial charge on any atom is 0.311 e. The van der Waals surface area contributed by atoms with Gasteiger partial charge in [0.05, 0.1) is 6.20 Å². The molecule has 0 aliphatic rings. The number of carboxylic acid groups (broad SMARTS) is 1. The van der Waals surface area contributed by atoms with E-state index in [9.17, 15) is 4.79 Å². The van der Waals surface area contributed by atoms with Crippen LogP contribution in [-0.4, -0.2) is 16.2 Å². The van der Waals surface area contributed by atoms with Crippen LogP contribution in [0.15, 0.2) is 10.7 Å². The Morgan fingerprint density at radius 2 is 2.50 bits per heavy atom. The number of aliphatic carboxylic acids is 1. The van der Waals surface area contributed by atoms with Gasteiger partial charge in [0.25, 0.3) is 0 Å². The summed E-state index contributed by atoms with van der Waals surface area (Å²) in [4.78, 5) is 10.3. The van der Waals surface area contributed by atoms with E-state index in [1.54, 1.807) is 6.20 Å². The van der Waals surface area contributed by atoms with Crippen LogP contribution in [0.1, 0.15) is 24.7 Å². The number of hydrogen-bond acceptors (Lipinski definition) is 3. The fraction of sp³-hybridized carbons (Fsp3) is 0.500. The highest BCUT2D eigenvalue weighted by atomic mass is 16.5. The Morgan fingerprint density at radius 3 is 3.08 bits per heavy atom. The zero-order chi connectivity index (χ0) is 8.97. The van der Waals surface area contributed by atoms with E-state index in [0.29, 0.717) is 5.76 Å². The van der Waals surface area contributed by atoms with E-state index in [2.05, 4.69) is 5.16 Å². The molecule has 0 spiro atoms. The molecule has 0 atom stereocenters. The lowest BCUT2D eigenvalue weighted by molar-refractivity contribution is -0.136. The van der Waals surface area contributed by atoms with Gasteiger partial charge in [-0.2, -0.15) is 0 Å². The molecule has 0 aromatic carbocycles. The molecule has 1 heterocycles. The van der Waals surface area contributed by atoms with Gasteiger partial charge in [0.2, 0.25) is 0 Å². The average Bonchev–Trinajstić information content (AvgIpc) is 2.37. The summed E-state index contributed by atoms with van der Waals surface area (Å²) < 4.78 is 4.80. The molecule has 1 rings (SSSR count). The number of hydrogen-bond donors (Lipinski definition) is 1. The van der Waals surface area contributed by atoms with Crippen molar-refractivity contribution in [3.63, 3.8) is 0 Å². The summed E-state index contributed by atoms with van der Waals surface area (Å²) in [7, 11) is 0. The molecular weight excluding hydrogens is 158 g/mol. The largest absolute Gasteiger partial charge is 0.481 e. The SMILES string of the molecule is CCCc1cnoc1CC(=O)O. The normalized spacial score (nSPS) is 10.1. The number of aromatic nitrogens is 1. The van der Waals surface area contributed by atoms with Crippen molar-refractivity contribution >= 4 is 5.97 Å². The van der Waals surface area contributed by atoms with E-state index in [-0.39, 0.29) is 6.42 Å². The predicted molar refractivity (Wildman–Crippen MR) is 41.8 cm³/mol. The van der Waals surface area contributed by atoms with E-state index >= 15 is 0 Å². The van der Waals surface area contributed by atoms with Crippen molar-refractivity contribution in [3.8, 4) is 0 Å². The van der Waals surface area contributed by atoms with E-state index in [4.69, 9.17) is 9.63 Å². The maximum absolute atomic E-state index is 10.3. The molecule has 0 fully saturated rings. The molecule has 0 saturated heterocycles. The lowest BCUT2D eigenvalue weighted by Crippen LogP contribution is -2.01. The number of aryl methyl sites for hydroxylation is 1. The second-order valence-corrected chi connectivity index (χ2v) is 2.59. The molecule has 0 saturated carbocycles. The van der Waals surface area contributed by atoms with Crippen molar-refractivity contribution < 1.29 is 14.4 Å². The minimum atomic E-state index is -0.885. The van der Waals surface area contributed by atoms with Gasteiger partial charge in [-0.15, -0.1) is 0 Å². The van der Waals surface area contributed by atoms with Crippen LogP contribution < -0.4 is 0 Å². The highest BCUT2D eigenvalue weighted by Gasteiger charge is 2.10. The Bertz CT molecular complexity index is 267. The summed E-state index contributed by atoms with van der Waals surface area (Å²) in [6.45, 7) is 2.03. The minimum absolute atomic E-state index is 0.0741. The van der Waals surface area contributed by atoms with Gasteiger partial charge in [0.15, 0.2) is 5.76 Å². The topological polar surface area (TPSA) is 63.3 Å². The van der Waals surface area contributed by atoms with E-state index in [0.717, 1.165) is 18.4 Å². The van der Waals surface area contributed by atoms with Gasteiger partial charge in [0.1, 0.15) is 6.42 Å². The smallest absolute Gasteiger partial charge is 0.311 e. The zero-order valence-corrected chi connectivity index (χ0v) is 6.91. The van der Waals surface area contributed by atoms with Gasteiger partial charge in [-0.25, -0.2) is 0 Å². The number of carboxylic acids is 1. The first-order valence-electron chi connectivity index (χ1n) is 3.88. The van der Waals surface area contributed by atoms with Gasteiger partial charge in [-0.1, -0.05) is 18.5 Å². The Hall–Kier alpha value is -1.32. The van der Waals surface area contributed by atoms with Gasteiger partial charge in [-0.05, 0) is 6.42 Å². The second-order valence-electron chi connectivity index (χ2n) is 2.59. The van der Waals surface area contributed by atoms with Crippen LogP contribution in [0.4, 0.5) is 0 Å². The average molecular weight is 169 g/mol. The van der Waals surface area contributed by atoms with Crippen LogP contribution in [-0.2, 0) is 17.6 Å². The predicted octanol–water partition coefficient (Wildman–Crippen LogP) is 1.25. The molecule has 1 N–H and O–H groups in total. The highest BCUT2D eigenvalue weighted by molar-refractivity contribution is 5.69. The van der Waals surface area contributed by atoms with Crippen molar-refractivity contribution in [1.29, 1.82) is 0 Å². The van der Waals surface area contributed by atoms with Crippen LogP contribution >= 0.6 is 0 Å². The minimum Gasteiger partial charge on any atom is -0.481 e. The van der Waals surface area contributed by atoms with E-state index in [1.807, 2.05) is 6.92 Å². The summed E-state index contributed by atoms with van der Waals surface area (Å²) in [5.41, 5.74) is 0.903. The molecule has 0 aliphatic heterocycles. The molecule has 0 radical (unpaired) electrons. The molecule has 66 valence electrons. The lowest BCUT2D eigenvalue weighted by atomic mass is 10.1. The van der Waals surface area contributed by atoms with Gasteiger partial charge >= 0.3 is 5.97 Å². The van der Waals surface area contributed by atoms with Crippen molar-refractivity contribution in [2.75, 3.05) is 0 Å². The van der Waals surface area contributed by atoms with Crippen LogP contribution in [0.25, 0.3) is 0 Å². The van der Waals surface area contributed by atoms with Crippen LogP contribution in [0, 0.1) is 0 Å². The number of carbonyl (C=O) groups is 1. The summed E-state index contributed by atoms with van der Waals surface area (Å²) in [6, 6.07) is 0. The molecule has 0 bridgehead atoms. The molecule has 0 aliphatic carbocycles. The molecule has 0 amide bonds. The van der Waals surface area contributed by atoms with Gasteiger partial charge in [-0.3, -0.25) is 4.79 Å². The third-order valence-corrected chi connectivity index (χ3v) is 1.56. The van der Waals surface area contributed by atoms with Crippen LogP contribution in [0.3, 0.4) is 0 Å². The summed E-state index contributed by atoms with van der Waals surface area (Å²) in [5, 5.41) is 12.0. The van der Waals surface area contributed by atoms with Crippen molar-refractivity contribution in [3.05, 3.63) is 17.5 Å². The Kier molecular flexibility index (Phi) is 2.85. The standard InChI is InChI=1S/C8H11NO3/c1-2-3-6-5-9-12-7(6)4-8(10)11/h5H,2-4H2,1H3,(H,10,11). The molecular formula is C8H11NO3. The molecule has 1 aromatic rings. The fourth-order valence-corrected chi connectivity index (χ4v) is 1.04. The summed E-state index contributed by atoms with van der Waals surface area (Å²) in [5.74, 6) is -0.409. The Morgan fingerprint density at radius 1 is 1.75 bits per heavy atom. The molecule has 1 aromatic heterocycles. The first-order chi connectivity index (χ1) is 5.74. The van der Waals surface area contributed by atoms with E-state index in [1.165, 1.54) is 0 Å². The van der Waals surface area contributed by atoms with Crippen LogP contribution in [0.2, 0.25) is 0 Å². The third-order valence-electron chi connectivity index (χ3n) is 1.56. The van der Waals surface area contributed by atoms with Crippen molar-refractivity contribution in [2.45, 2.75) is 26.2 Å². The number of nitrogens with zero attached hydrogens (tertiary/aromatic N) is 1.